The van der Waals surface area contributed by atoms with Crippen molar-refractivity contribution < 1.29 is 9.59 Å². The number of hydrogen-bond donors (Lipinski definition) is 2. The molecule has 2 amide bonds. The fraction of sp³-hybridized carbons (Fsp3) is 0.857. The molecule has 2 saturated heterocycles. The summed E-state index contributed by atoms with van der Waals surface area (Å²) in [5, 5.41) is 6.38. The zero-order valence-electron chi connectivity index (χ0n) is 11.9. The van der Waals surface area contributed by atoms with Crippen LogP contribution < -0.4 is 10.6 Å². The van der Waals surface area contributed by atoms with Crippen molar-refractivity contribution in [1.29, 1.82) is 0 Å². The van der Waals surface area contributed by atoms with Gasteiger partial charge in [0, 0.05) is 25.0 Å². The second-order valence-electron chi connectivity index (χ2n) is 5.90. The van der Waals surface area contributed by atoms with Crippen molar-refractivity contribution in [3.05, 3.63) is 0 Å². The van der Waals surface area contributed by atoms with Crippen LogP contribution >= 0.6 is 0 Å². The van der Waals surface area contributed by atoms with Gasteiger partial charge in [0.1, 0.15) is 6.04 Å². The normalized spacial score (nSPS) is 27.6. The van der Waals surface area contributed by atoms with Crippen molar-refractivity contribution >= 4 is 11.8 Å². The number of amides is 2. The first kappa shape index (κ1) is 14.3. The summed E-state index contributed by atoms with van der Waals surface area (Å²) in [6, 6.07) is -0.0327. The van der Waals surface area contributed by atoms with Crippen molar-refractivity contribution in [3.63, 3.8) is 0 Å². The summed E-state index contributed by atoms with van der Waals surface area (Å²) in [5.41, 5.74) is 0. The van der Waals surface area contributed by atoms with E-state index in [9.17, 15) is 9.59 Å². The van der Waals surface area contributed by atoms with Crippen LogP contribution in [0.2, 0.25) is 0 Å². The maximum Gasteiger partial charge on any atom is 0.243 e. The van der Waals surface area contributed by atoms with Gasteiger partial charge in [0.2, 0.25) is 11.8 Å². The molecule has 2 fully saturated rings. The highest BCUT2D eigenvalue weighted by molar-refractivity contribution is 5.89. The number of nitrogens with one attached hydrogen (secondary N) is 2. The summed E-state index contributed by atoms with van der Waals surface area (Å²) in [6.07, 6.45) is 3.86. The van der Waals surface area contributed by atoms with Gasteiger partial charge in [-0.1, -0.05) is 13.8 Å². The molecule has 0 aromatic heterocycles. The van der Waals surface area contributed by atoms with Crippen LogP contribution in [0.5, 0.6) is 0 Å². The quantitative estimate of drug-likeness (QED) is 0.783. The molecule has 2 atom stereocenters. The molecule has 5 nitrogen and oxygen atoms in total. The SMILES string of the molecule is CC(C)C(=O)N1CCCC1C(=O)N[C@H]1CCCNC1. The number of hydrogen-bond acceptors (Lipinski definition) is 3. The van der Waals surface area contributed by atoms with Gasteiger partial charge in [-0.05, 0) is 32.2 Å². The van der Waals surface area contributed by atoms with Crippen LogP contribution in [0.1, 0.15) is 39.5 Å². The van der Waals surface area contributed by atoms with Crippen molar-refractivity contribution in [1.82, 2.24) is 15.5 Å². The summed E-state index contributed by atoms with van der Waals surface area (Å²) < 4.78 is 0. The molecule has 0 aromatic rings. The van der Waals surface area contributed by atoms with E-state index in [0.29, 0.717) is 0 Å². The molecule has 2 aliphatic rings. The molecule has 0 bridgehead atoms. The van der Waals surface area contributed by atoms with Crippen molar-refractivity contribution in [2.75, 3.05) is 19.6 Å². The minimum absolute atomic E-state index is 0.0280. The van der Waals surface area contributed by atoms with E-state index in [-0.39, 0.29) is 29.8 Å². The summed E-state index contributed by atoms with van der Waals surface area (Å²) in [7, 11) is 0. The average Bonchev–Trinajstić information content (AvgIpc) is 2.88. The second-order valence-corrected chi connectivity index (χ2v) is 5.90. The number of piperidine rings is 1. The van der Waals surface area contributed by atoms with Crippen LogP contribution in [0.25, 0.3) is 0 Å². The Labute approximate surface area is 115 Å². The molecule has 0 saturated carbocycles. The van der Waals surface area contributed by atoms with E-state index in [0.717, 1.165) is 45.3 Å². The van der Waals surface area contributed by atoms with Crippen LogP contribution in [0.15, 0.2) is 0 Å². The first-order chi connectivity index (χ1) is 9.09. The predicted molar refractivity (Wildman–Crippen MR) is 73.6 cm³/mol. The van der Waals surface area contributed by atoms with Crippen LogP contribution in [0, 0.1) is 5.92 Å². The Kier molecular flexibility index (Phi) is 4.80. The molecule has 19 heavy (non-hydrogen) atoms. The molecule has 2 heterocycles. The van der Waals surface area contributed by atoms with Gasteiger partial charge in [0.25, 0.3) is 0 Å². The molecule has 0 radical (unpaired) electrons. The standard InChI is InChI=1S/C14H25N3O2/c1-10(2)14(19)17-8-4-6-12(17)13(18)16-11-5-3-7-15-9-11/h10-12,15H,3-9H2,1-2H3,(H,16,18)/t11-,12?/m0/s1. The molecule has 0 spiro atoms. The highest BCUT2D eigenvalue weighted by Crippen LogP contribution is 2.20. The van der Waals surface area contributed by atoms with E-state index in [2.05, 4.69) is 10.6 Å². The Morgan fingerprint density at radius 2 is 2.05 bits per heavy atom. The van der Waals surface area contributed by atoms with Gasteiger partial charge in [0.15, 0.2) is 0 Å². The Balaban J connectivity index is 1.91. The summed E-state index contributed by atoms with van der Waals surface area (Å²) in [5.74, 6) is 0.0874. The zero-order chi connectivity index (χ0) is 13.8. The Morgan fingerprint density at radius 1 is 1.26 bits per heavy atom. The third-order valence-corrected chi connectivity index (χ3v) is 3.98. The highest BCUT2D eigenvalue weighted by atomic mass is 16.2. The number of carbonyl (C=O) groups excluding carboxylic acids is 2. The number of rotatable bonds is 3. The first-order valence-corrected chi connectivity index (χ1v) is 7.41. The van der Waals surface area contributed by atoms with Crippen LogP contribution in [0.3, 0.4) is 0 Å². The molecule has 108 valence electrons. The van der Waals surface area contributed by atoms with Gasteiger partial charge < -0.3 is 15.5 Å². The van der Waals surface area contributed by atoms with Gasteiger partial charge in [-0.2, -0.15) is 0 Å². The molecule has 2 aliphatic heterocycles. The molecule has 0 aromatic carbocycles. The Morgan fingerprint density at radius 3 is 2.68 bits per heavy atom. The van der Waals surface area contributed by atoms with E-state index in [1.807, 2.05) is 13.8 Å². The smallest absolute Gasteiger partial charge is 0.243 e. The lowest BCUT2D eigenvalue weighted by molar-refractivity contribution is -0.141. The van der Waals surface area contributed by atoms with Crippen LogP contribution in [0.4, 0.5) is 0 Å². The van der Waals surface area contributed by atoms with Crippen molar-refractivity contribution in [2.45, 2.75) is 51.6 Å². The molecule has 0 aliphatic carbocycles. The highest BCUT2D eigenvalue weighted by Gasteiger charge is 2.35. The number of likely N-dealkylation sites (tertiary alicyclic amines) is 1. The average molecular weight is 267 g/mol. The van der Waals surface area contributed by atoms with E-state index in [4.69, 9.17) is 0 Å². The third-order valence-electron chi connectivity index (χ3n) is 3.98. The minimum atomic E-state index is -0.253. The van der Waals surface area contributed by atoms with E-state index in [1.54, 1.807) is 4.90 Å². The van der Waals surface area contributed by atoms with Crippen molar-refractivity contribution in [2.24, 2.45) is 5.92 Å². The van der Waals surface area contributed by atoms with Gasteiger partial charge in [-0.3, -0.25) is 9.59 Å². The molecule has 2 N–H and O–H groups in total. The fourth-order valence-corrected chi connectivity index (χ4v) is 2.91. The maximum absolute atomic E-state index is 12.3. The molecule has 2 rings (SSSR count). The largest absolute Gasteiger partial charge is 0.350 e. The topological polar surface area (TPSA) is 61.4 Å². The molecular formula is C14H25N3O2. The molecule has 5 heteroatoms. The molecule has 1 unspecified atom stereocenters. The maximum atomic E-state index is 12.3. The number of nitrogens with zero attached hydrogens (tertiary/aromatic N) is 1. The van der Waals surface area contributed by atoms with E-state index in [1.165, 1.54) is 0 Å². The Hall–Kier alpha value is -1.10. The number of carbonyl (C=O) groups is 2. The summed E-state index contributed by atoms with van der Waals surface area (Å²) in [4.78, 5) is 26.2. The van der Waals surface area contributed by atoms with Gasteiger partial charge in [-0.25, -0.2) is 0 Å². The summed E-state index contributed by atoms with van der Waals surface area (Å²) >= 11 is 0. The summed E-state index contributed by atoms with van der Waals surface area (Å²) in [6.45, 7) is 6.38. The lowest BCUT2D eigenvalue weighted by Gasteiger charge is -2.29. The van der Waals surface area contributed by atoms with Crippen LogP contribution in [-0.4, -0.2) is 48.4 Å². The Bertz CT molecular complexity index is 338. The van der Waals surface area contributed by atoms with Crippen LogP contribution in [-0.2, 0) is 9.59 Å². The monoisotopic (exact) mass is 267 g/mol. The van der Waals surface area contributed by atoms with Gasteiger partial charge >= 0.3 is 0 Å². The van der Waals surface area contributed by atoms with Crippen molar-refractivity contribution in [3.8, 4) is 0 Å². The third kappa shape index (κ3) is 3.47. The molecular weight excluding hydrogens is 242 g/mol. The van der Waals surface area contributed by atoms with E-state index >= 15 is 0 Å². The van der Waals surface area contributed by atoms with Gasteiger partial charge in [-0.15, -0.1) is 0 Å². The second kappa shape index (κ2) is 6.37. The predicted octanol–water partition coefficient (Wildman–Crippen LogP) is 0.502. The van der Waals surface area contributed by atoms with E-state index < -0.39 is 0 Å². The minimum Gasteiger partial charge on any atom is -0.350 e. The first-order valence-electron chi connectivity index (χ1n) is 7.41. The van der Waals surface area contributed by atoms with Gasteiger partial charge in [0.05, 0.1) is 0 Å². The lowest BCUT2D eigenvalue weighted by Crippen LogP contribution is -2.53. The fourth-order valence-electron chi connectivity index (χ4n) is 2.91. The zero-order valence-corrected chi connectivity index (χ0v) is 11.9. The lowest BCUT2D eigenvalue weighted by atomic mass is 10.1.